The first-order valence-corrected chi connectivity index (χ1v) is 16.1. The third-order valence-electron chi connectivity index (χ3n) is 7.46. The molecule has 1 atom stereocenters. The quantitative estimate of drug-likeness (QED) is 0.102. The number of hydrogen-bond donors (Lipinski definition) is 3. The first-order chi connectivity index (χ1) is 23.4. The van der Waals surface area contributed by atoms with E-state index in [0.29, 0.717) is 16.8 Å². The highest BCUT2D eigenvalue weighted by molar-refractivity contribution is 8.00. The van der Waals surface area contributed by atoms with Gasteiger partial charge in [0.2, 0.25) is 5.91 Å². The van der Waals surface area contributed by atoms with Crippen LogP contribution in [0.15, 0.2) is 162 Å². The molecule has 6 aromatic rings. The lowest BCUT2D eigenvalue weighted by Gasteiger charge is -2.18. The molecular formula is C40H30FN3O3S. The second-order valence-corrected chi connectivity index (χ2v) is 12.0. The molecule has 1 unspecified atom stereocenters. The maximum Gasteiger partial charge on any atom is 0.272 e. The van der Waals surface area contributed by atoms with E-state index in [2.05, 4.69) is 16.0 Å². The monoisotopic (exact) mass is 651 g/mol. The zero-order chi connectivity index (χ0) is 33.3. The largest absolute Gasteiger partial charge is 0.324 e. The normalized spacial score (nSPS) is 11.8. The van der Waals surface area contributed by atoms with E-state index in [-0.39, 0.29) is 11.6 Å². The van der Waals surface area contributed by atoms with E-state index in [1.807, 2.05) is 84.9 Å². The molecule has 3 amide bonds. The Balaban J connectivity index is 1.19. The van der Waals surface area contributed by atoms with Crippen LogP contribution in [0.25, 0.3) is 16.8 Å². The highest BCUT2D eigenvalue weighted by atomic mass is 32.2. The third-order valence-corrected chi connectivity index (χ3v) is 8.73. The standard InChI is InChI=1S/C40H30FN3O3S/c41-31-20-18-27(19-21-31)26-36(44-38(45)30-13-5-2-6-14-30)39(46)42-32-22-24-33(25-23-32)48-37(29-11-3-1-4-12-29)40(47)43-35-17-9-15-28-10-7-8-16-34(28)35/h1-26,37H,(H,42,46)(H,43,47)(H,44,45)/b36-26-. The minimum absolute atomic E-state index is 0.0110. The first kappa shape index (κ1) is 32.0. The predicted octanol–water partition coefficient (Wildman–Crippen LogP) is 8.86. The van der Waals surface area contributed by atoms with Crippen LogP contribution in [-0.4, -0.2) is 17.7 Å². The summed E-state index contributed by atoms with van der Waals surface area (Å²) in [5, 5.41) is 10.1. The highest BCUT2D eigenvalue weighted by Gasteiger charge is 2.23. The first-order valence-electron chi connectivity index (χ1n) is 15.2. The fourth-order valence-corrected chi connectivity index (χ4v) is 6.08. The van der Waals surface area contributed by atoms with Crippen molar-refractivity contribution in [2.75, 3.05) is 10.6 Å². The van der Waals surface area contributed by atoms with Crippen LogP contribution < -0.4 is 16.0 Å². The Morgan fingerprint density at radius 2 is 1.29 bits per heavy atom. The van der Waals surface area contributed by atoms with Crippen LogP contribution in [0.4, 0.5) is 15.8 Å². The van der Waals surface area contributed by atoms with Crippen LogP contribution in [0.5, 0.6) is 0 Å². The number of rotatable bonds is 10. The molecule has 0 fully saturated rings. The Kier molecular flexibility index (Phi) is 10.0. The average Bonchev–Trinajstić information content (AvgIpc) is 3.12. The van der Waals surface area contributed by atoms with Crippen molar-refractivity contribution in [3.05, 3.63) is 180 Å². The van der Waals surface area contributed by atoms with Crippen molar-refractivity contribution in [3.63, 3.8) is 0 Å². The lowest BCUT2D eigenvalue weighted by atomic mass is 10.1. The third kappa shape index (κ3) is 8.04. The predicted molar refractivity (Wildman–Crippen MR) is 191 cm³/mol. The van der Waals surface area contributed by atoms with Gasteiger partial charge in [-0.25, -0.2) is 4.39 Å². The number of anilines is 2. The number of carbonyl (C=O) groups is 3. The molecular weight excluding hydrogens is 622 g/mol. The van der Waals surface area contributed by atoms with Crippen LogP contribution in [0.3, 0.4) is 0 Å². The summed E-state index contributed by atoms with van der Waals surface area (Å²) < 4.78 is 13.5. The minimum atomic E-state index is -0.555. The molecule has 8 heteroatoms. The molecule has 6 nitrogen and oxygen atoms in total. The van der Waals surface area contributed by atoms with Crippen molar-refractivity contribution in [2.45, 2.75) is 10.1 Å². The van der Waals surface area contributed by atoms with Crippen molar-refractivity contribution >= 4 is 57.7 Å². The molecule has 236 valence electrons. The number of benzene rings is 6. The van der Waals surface area contributed by atoms with Crippen LogP contribution in [0, 0.1) is 5.82 Å². The van der Waals surface area contributed by atoms with E-state index in [1.54, 1.807) is 42.5 Å². The summed E-state index contributed by atoms with van der Waals surface area (Å²) >= 11 is 1.39. The molecule has 0 spiro atoms. The van der Waals surface area contributed by atoms with Crippen molar-refractivity contribution in [1.82, 2.24) is 5.32 Å². The molecule has 0 heterocycles. The van der Waals surface area contributed by atoms with Gasteiger partial charge in [0.1, 0.15) is 16.8 Å². The maximum atomic E-state index is 13.8. The van der Waals surface area contributed by atoms with Crippen molar-refractivity contribution in [3.8, 4) is 0 Å². The molecule has 6 rings (SSSR count). The van der Waals surface area contributed by atoms with Crippen molar-refractivity contribution in [2.24, 2.45) is 0 Å². The molecule has 0 aliphatic heterocycles. The Hall–Kier alpha value is -5.99. The Morgan fingerprint density at radius 3 is 2.02 bits per heavy atom. The number of amides is 3. The van der Waals surface area contributed by atoms with E-state index < -0.39 is 22.9 Å². The van der Waals surface area contributed by atoms with Gasteiger partial charge in [0.15, 0.2) is 0 Å². The molecule has 3 N–H and O–H groups in total. The van der Waals surface area contributed by atoms with E-state index in [9.17, 15) is 18.8 Å². The molecule has 48 heavy (non-hydrogen) atoms. The summed E-state index contributed by atoms with van der Waals surface area (Å²) in [5.41, 5.74) is 2.98. The van der Waals surface area contributed by atoms with Gasteiger partial charge in [0.25, 0.3) is 11.8 Å². The number of halogens is 1. The van der Waals surface area contributed by atoms with E-state index in [4.69, 9.17) is 0 Å². The van der Waals surface area contributed by atoms with Crippen LogP contribution in [0.2, 0.25) is 0 Å². The van der Waals surface area contributed by atoms with Gasteiger partial charge in [-0.1, -0.05) is 97.1 Å². The van der Waals surface area contributed by atoms with Gasteiger partial charge in [0.05, 0.1) is 0 Å². The van der Waals surface area contributed by atoms with Crippen LogP contribution in [-0.2, 0) is 9.59 Å². The zero-order valence-electron chi connectivity index (χ0n) is 25.6. The fraction of sp³-hybridized carbons (Fsp3) is 0.0250. The molecule has 0 aliphatic rings. The van der Waals surface area contributed by atoms with Crippen LogP contribution >= 0.6 is 11.8 Å². The Bertz CT molecular complexity index is 2080. The Labute approximate surface area is 281 Å². The second-order valence-electron chi connectivity index (χ2n) is 10.8. The molecule has 0 aliphatic carbocycles. The van der Waals surface area contributed by atoms with E-state index >= 15 is 0 Å². The van der Waals surface area contributed by atoms with Gasteiger partial charge in [-0.2, -0.15) is 0 Å². The summed E-state index contributed by atoms with van der Waals surface area (Å²) in [6.07, 6.45) is 1.48. The maximum absolute atomic E-state index is 13.8. The number of fused-ring (bicyclic) bond motifs is 1. The molecule has 6 aromatic carbocycles. The number of hydrogen-bond acceptors (Lipinski definition) is 4. The summed E-state index contributed by atoms with van der Waals surface area (Å²) in [5.74, 6) is -1.59. The molecule has 0 aromatic heterocycles. The summed E-state index contributed by atoms with van der Waals surface area (Å²) in [6.45, 7) is 0. The lowest BCUT2D eigenvalue weighted by molar-refractivity contribution is -0.116. The van der Waals surface area contributed by atoms with Gasteiger partial charge >= 0.3 is 0 Å². The van der Waals surface area contributed by atoms with Gasteiger partial charge in [0, 0.05) is 27.2 Å². The lowest BCUT2D eigenvalue weighted by Crippen LogP contribution is -2.30. The number of thioether (sulfide) groups is 1. The summed E-state index contributed by atoms with van der Waals surface area (Å²) in [4.78, 5) is 40.9. The summed E-state index contributed by atoms with van der Waals surface area (Å²) in [7, 11) is 0. The van der Waals surface area contributed by atoms with Crippen molar-refractivity contribution in [1.29, 1.82) is 0 Å². The van der Waals surface area contributed by atoms with Gasteiger partial charge in [-0.3, -0.25) is 14.4 Å². The molecule has 0 saturated carbocycles. The number of nitrogens with one attached hydrogen (secondary N) is 3. The molecule has 0 radical (unpaired) electrons. The highest BCUT2D eigenvalue weighted by Crippen LogP contribution is 2.37. The minimum Gasteiger partial charge on any atom is -0.324 e. The molecule has 0 bridgehead atoms. The van der Waals surface area contributed by atoms with Gasteiger partial charge in [-0.15, -0.1) is 11.8 Å². The smallest absolute Gasteiger partial charge is 0.272 e. The summed E-state index contributed by atoms with van der Waals surface area (Å²) in [6, 6.07) is 44.5. The zero-order valence-corrected chi connectivity index (χ0v) is 26.4. The Morgan fingerprint density at radius 1 is 0.646 bits per heavy atom. The van der Waals surface area contributed by atoms with E-state index in [0.717, 1.165) is 26.9 Å². The van der Waals surface area contributed by atoms with Gasteiger partial charge in [-0.05, 0) is 77.2 Å². The fourth-order valence-electron chi connectivity index (χ4n) is 5.05. The van der Waals surface area contributed by atoms with Crippen molar-refractivity contribution < 1.29 is 18.8 Å². The average molecular weight is 652 g/mol. The SMILES string of the molecule is O=C(Nc1ccc(SC(C(=O)Nc2cccc3ccccc23)c2ccccc2)cc1)/C(=C/c1ccc(F)cc1)NC(=O)c1ccccc1. The number of carbonyl (C=O) groups excluding carboxylic acids is 3. The van der Waals surface area contributed by atoms with Crippen LogP contribution in [0.1, 0.15) is 26.7 Å². The second kappa shape index (κ2) is 15.1. The topological polar surface area (TPSA) is 87.3 Å². The molecule has 0 saturated heterocycles. The van der Waals surface area contributed by atoms with Gasteiger partial charge < -0.3 is 16.0 Å². The van der Waals surface area contributed by atoms with E-state index in [1.165, 1.54) is 42.1 Å².